The number of nitrogens with two attached hydrogens (primary N) is 1. The van der Waals surface area contributed by atoms with Gasteiger partial charge in [0.1, 0.15) is 0 Å². The summed E-state index contributed by atoms with van der Waals surface area (Å²) in [7, 11) is 0. The van der Waals surface area contributed by atoms with E-state index in [1.807, 2.05) is 0 Å². The van der Waals surface area contributed by atoms with E-state index in [0.717, 1.165) is 38.3 Å². The van der Waals surface area contributed by atoms with Crippen molar-refractivity contribution in [3.05, 3.63) is 0 Å². The highest BCUT2D eigenvalue weighted by Gasteiger charge is 2.36. The summed E-state index contributed by atoms with van der Waals surface area (Å²) in [6.07, 6.45) is 9.41. The molecule has 1 heterocycles. The van der Waals surface area contributed by atoms with Gasteiger partial charge in [-0.3, -0.25) is 0 Å². The zero-order valence-electron chi connectivity index (χ0n) is 10.3. The van der Waals surface area contributed by atoms with E-state index >= 15 is 0 Å². The van der Waals surface area contributed by atoms with Gasteiger partial charge in [0.2, 0.25) is 0 Å². The zero-order chi connectivity index (χ0) is 11.4. The van der Waals surface area contributed by atoms with Crippen molar-refractivity contribution >= 4 is 0 Å². The van der Waals surface area contributed by atoms with Crippen molar-refractivity contribution < 1.29 is 5.11 Å². The van der Waals surface area contributed by atoms with Crippen molar-refractivity contribution in [1.82, 2.24) is 5.32 Å². The first-order chi connectivity index (χ1) is 7.71. The molecule has 3 nitrogen and oxygen atoms in total. The Labute approximate surface area is 98.8 Å². The molecule has 1 aliphatic carbocycles. The molecule has 0 aromatic heterocycles. The summed E-state index contributed by atoms with van der Waals surface area (Å²) in [5, 5.41) is 13.8. The lowest BCUT2D eigenvalue weighted by Crippen LogP contribution is -2.54. The first-order valence-corrected chi connectivity index (χ1v) is 6.89. The summed E-state index contributed by atoms with van der Waals surface area (Å²) < 4.78 is 0. The summed E-state index contributed by atoms with van der Waals surface area (Å²) in [5.74, 6) is 0.766. The molecule has 2 fully saturated rings. The van der Waals surface area contributed by atoms with Crippen LogP contribution in [0.2, 0.25) is 0 Å². The highest BCUT2D eigenvalue weighted by Crippen LogP contribution is 2.31. The highest BCUT2D eigenvalue weighted by atomic mass is 16.3. The lowest BCUT2D eigenvalue weighted by atomic mass is 9.77. The summed E-state index contributed by atoms with van der Waals surface area (Å²) >= 11 is 0. The van der Waals surface area contributed by atoms with Crippen LogP contribution in [0, 0.1) is 5.92 Å². The van der Waals surface area contributed by atoms with E-state index in [-0.39, 0.29) is 6.04 Å². The quantitative estimate of drug-likeness (QED) is 0.682. The molecule has 1 aliphatic heterocycles. The van der Waals surface area contributed by atoms with Crippen molar-refractivity contribution in [2.75, 3.05) is 13.1 Å². The lowest BCUT2D eigenvalue weighted by Gasteiger charge is -2.39. The molecule has 3 heteroatoms. The number of rotatable bonds is 3. The smallest absolute Gasteiger partial charge is 0.0822 e. The Balaban J connectivity index is 1.83. The zero-order valence-corrected chi connectivity index (χ0v) is 10.3. The van der Waals surface area contributed by atoms with Gasteiger partial charge >= 0.3 is 0 Å². The second-order valence-electron chi connectivity index (χ2n) is 5.70. The molecular formula is C13H26N2O. The third-order valence-corrected chi connectivity index (χ3v) is 4.47. The van der Waals surface area contributed by atoms with Gasteiger partial charge in [-0.2, -0.15) is 0 Å². The molecule has 0 radical (unpaired) electrons. The summed E-state index contributed by atoms with van der Waals surface area (Å²) in [4.78, 5) is 0. The van der Waals surface area contributed by atoms with E-state index in [4.69, 9.17) is 5.73 Å². The minimum atomic E-state index is -0.595. The van der Waals surface area contributed by atoms with Crippen molar-refractivity contribution in [2.45, 2.75) is 63.0 Å². The van der Waals surface area contributed by atoms with E-state index in [0.29, 0.717) is 0 Å². The summed E-state index contributed by atoms with van der Waals surface area (Å²) in [6.45, 7) is 1.82. The molecule has 94 valence electrons. The topological polar surface area (TPSA) is 58.3 Å². The largest absolute Gasteiger partial charge is 0.388 e. The molecule has 1 saturated heterocycles. The van der Waals surface area contributed by atoms with E-state index in [2.05, 4.69) is 5.32 Å². The Morgan fingerprint density at radius 2 is 1.81 bits per heavy atom. The van der Waals surface area contributed by atoms with Gasteiger partial charge in [0, 0.05) is 6.04 Å². The lowest BCUT2D eigenvalue weighted by molar-refractivity contribution is -0.0210. The average Bonchev–Trinajstić information content (AvgIpc) is 2.31. The van der Waals surface area contributed by atoms with Crippen molar-refractivity contribution in [3.63, 3.8) is 0 Å². The fourth-order valence-corrected chi connectivity index (χ4v) is 3.23. The first kappa shape index (κ1) is 12.3. The van der Waals surface area contributed by atoms with Crippen LogP contribution in [0.5, 0.6) is 0 Å². The predicted molar refractivity (Wildman–Crippen MR) is 66.2 cm³/mol. The highest BCUT2D eigenvalue weighted by molar-refractivity contribution is 4.94. The normalized spacial score (nSPS) is 28.9. The fraction of sp³-hybridized carbons (Fsp3) is 1.00. The maximum Gasteiger partial charge on any atom is 0.0822 e. The molecule has 0 aromatic carbocycles. The summed E-state index contributed by atoms with van der Waals surface area (Å²) in [5.41, 5.74) is 5.64. The van der Waals surface area contributed by atoms with Gasteiger partial charge in [0.05, 0.1) is 5.60 Å². The van der Waals surface area contributed by atoms with Gasteiger partial charge in [-0.15, -0.1) is 0 Å². The van der Waals surface area contributed by atoms with E-state index in [1.54, 1.807) is 0 Å². The molecular weight excluding hydrogens is 200 g/mol. The standard InChI is InChI=1S/C13H26N2O/c14-12(10-11-4-2-1-3-5-11)13(16)6-8-15-9-7-13/h11-12,15-16H,1-10,14H2. The van der Waals surface area contributed by atoms with Crippen LogP contribution in [0.15, 0.2) is 0 Å². The van der Waals surface area contributed by atoms with Crippen LogP contribution in [0.3, 0.4) is 0 Å². The van der Waals surface area contributed by atoms with Crippen molar-refractivity contribution in [2.24, 2.45) is 11.7 Å². The van der Waals surface area contributed by atoms with Crippen LogP contribution in [0.4, 0.5) is 0 Å². The third kappa shape index (κ3) is 2.96. The van der Waals surface area contributed by atoms with Gasteiger partial charge in [0.25, 0.3) is 0 Å². The first-order valence-electron chi connectivity index (χ1n) is 6.89. The SMILES string of the molecule is NC(CC1CCCCC1)C1(O)CCNCC1. The molecule has 4 N–H and O–H groups in total. The number of hydrogen-bond donors (Lipinski definition) is 3. The van der Waals surface area contributed by atoms with E-state index < -0.39 is 5.60 Å². The van der Waals surface area contributed by atoms with Crippen LogP contribution < -0.4 is 11.1 Å². The van der Waals surface area contributed by atoms with Crippen molar-refractivity contribution in [3.8, 4) is 0 Å². The number of piperidine rings is 1. The van der Waals surface area contributed by atoms with Crippen LogP contribution in [-0.4, -0.2) is 29.8 Å². The number of hydrogen-bond acceptors (Lipinski definition) is 3. The van der Waals surface area contributed by atoms with Crippen LogP contribution in [0.1, 0.15) is 51.4 Å². The summed E-state index contributed by atoms with van der Waals surface area (Å²) in [6, 6.07) is -0.0160. The monoisotopic (exact) mass is 226 g/mol. The Hall–Kier alpha value is -0.120. The Morgan fingerprint density at radius 1 is 1.19 bits per heavy atom. The van der Waals surface area contributed by atoms with Crippen LogP contribution in [-0.2, 0) is 0 Å². The molecule has 1 atom stereocenters. The van der Waals surface area contributed by atoms with Gasteiger partial charge in [-0.1, -0.05) is 32.1 Å². The molecule has 0 bridgehead atoms. The minimum Gasteiger partial charge on any atom is -0.388 e. The fourth-order valence-electron chi connectivity index (χ4n) is 3.23. The number of nitrogens with one attached hydrogen (secondary N) is 1. The number of aliphatic hydroxyl groups is 1. The predicted octanol–water partition coefficient (Wildman–Crippen LogP) is 1.40. The minimum absolute atomic E-state index is 0.0160. The average molecular weight is 226 g/mol. The maximum absolute atomic E-state index is 10.5. The molecule has 0 amide bonds. The third-order valence-electron chi connectivity index (χ3n) is 4.47. The van der Waals surface area contributed by atoms with E-state index in [1.165, 1.54) is 32.1 Å². The van der Waals surface area contributed by atoms with E-state index in [9.17, 15) is 5.11 Å². The Bertz CT molecular complexity index is 208. The van der Waals surface area contributed by atoms with Gasteiger partial charge in [-0.05, 0) is 38.3 Å². The van der Waals surface area contributed by atoms with Crippen molar-refractivity contribution in [1.29, 1.82) is 0 Å². The second kappa shape index (κ2) is 5.48. The second-order valence-corrected chi connectivity index (χ2v) is 5.70. The van der Waals surface area contributed by atoms with Gasteiger partial charge in [-0.25, -0.2) is 0 Å². The Morgan fingerprint density at radius 3 is 2.44 bits per heavy atom. The van der Waals surface area contributed by atoms with Gasteiger partial charge < -0.3 is 16.2 Å². The maximum atomic E-state index is 10.5. The molecule has 1 saturated carbocycles. The molecule has 16 heavy (non-hydrogen) atoms. The molecule has 1 unspecified atom stereocenters. The van der Waals surface area contributed by atoms with Crippen LogP contribution >= 0.6 is 0 Å². The molecule has 0 aromatic rings. The molecule has 0 spiro atoms. The van der Waals surface area contributed by atoms with Crippen LogP contribution in [0.25, 0.3) is 0 Å². The molecule has 2 rings (SSSR count). The molecule has 2 aliphatic rings. The van der Waals surface area contributed by atoms with Gasteiger partial charge in [0.15, 0.2) is 0 Å². The Kier molecular flexibility index (Phi) is 4.22.